The van der Waals surface area contributed by atoms with Crippen molar-refractivity contribution in [3.8, 4) is 0 Å². The van der Waals surface area contributed by atoms with Gasteiger partial charge in [0.25, 0.3) is 5.91 Å². The number of hydrogen-bond acceptors (Lipinski definition) is 4. The smallest absolute Gasteiger partial charge is 0.255 e. The second-order valence-corrected chi connectivity index (χ2v) is 5.41. The highest BCUT2D eigenvalue weighted by molar-refractivity contribution is 6.06. The van der Waals surface area contributed by atoms with Gasteiger partial charge in [0.2, 0.25) is 0 Å². The number of rotatable bonds is 4. The molecule has 5 heteroatoms. The van der Waals surface area contributed by atoms with Crippen LogP contribution in [0.25, 0.3) is 0 Å². The number of carbonyl (C=O) groups is 1. The molecule has 0 saturated carbocycles. The van der Waals surface area contributed by atoms with E-state index in [2.05, 4.69) is 21.3 Å². The molecule has 1 aromatic carbocycles. The molecule has 1 fully saturated rings. The SMILES string of the molecule is NCc1cc(C(=O)Nc2ccccc2N2CCCC2)ccn1. The summed E-state index contributed by atoms with van der Waals surface area (Å²) in [5, 5.41) is 3.01. The molecule has 0 bridgehead atoms. The van der Waals surface area contributed by atoms with Gasteiger partial charge < -0.3 is 16.0 Å². The lowest BCUT2D eigenvalue weighted by atomic mass is 10.2. The van der Waals surface area contributed by atoms with Gasteiger partial charge in [-0.3, -0.25) is 9.78 Å². The lowest BCUT2D eigenvalue weighted by molar-refractivity contribution is 0.102. The molecule has 3 rings (SSSR count). The summed E-state index contributed by atoms with van der Waals surface area (Å²) in [7, 11) is 0. The Morgan fingerprint density at radius 2 is 2.00 bits per heavy atom. The van der Waals surface area contributed by atoms with Gasteiger partial charge in [-0.05, 0) is 37.1 Å². The number of pyridine rings is 1. The van der Waals surface area contributed by atoms with Crippen LogP contribution in [0.3, 0.4) is 0 Å². The quantitative estimate of drug-likeness (QED) is 0.909. The third-order valence-electron chi connectivity index (χ3n) is 3.89. The summed E-state index contributed by atoms with van der Waals surface area (Å²) in [4.78, 5) is 18.9. The van der Waals surface area contributed by atoms with Gasteiger partial charge in [-0.15, -0.1) is 0 Å². The van der Waals surface area contributed by atoms with Crippen molar-refractivity contribution in [2.45, 2.75) is 19.4 Å². The van der Waals surface area contributed by atoms with E-state index >= 15 is 0 Å². The Balaban J connectivity index is 1.81. The summed E-state index contributed by atoms with van der Waals surface area (Å²) in [6.45, 7) is 2.41. The number of aromatic nitrogens is 1. The van der Waals surface area contributed by atoms with Crippen LogP contribution in [-0.4, -0.2) is 24.0 Å². The van der Waals surface area contributed by atoms with Crippen molar-refractivity contribution in [2.75, 3.05) is 23.3 Å². The molecular formula is C17H20N4O. The molecule has 114 valence electrons. The highest BCUT2D eigenvalue weighted by atomic mass is 16.1. The van der Waals surface area contributed by atoms with Gasteiger partial charge in [0, 0.05) is 31.4 Å². The highest BCUT2D eigenvalue weighted by Gasteiger charge is 2.17. The number of nitrogens with zero attached hydrogens (tertiary/aromatic N) is 2. The molecule has 22 heavy (non-hydrogen) atoms. The van der Waals surface area contributed by atoms with Gasteiger partial charge >= 0.3 is 0 Å². The fourth-order valence-electron chi connectivity index (χ4n) is 2.74. The van der Waals surface area contributed by atoms with Crippen LogP contribution in [-0.2, 0) is 6.54 Å². The van der Waals surface area contributed by atoms with E-state index in [0.717, 1.165) is 24.5 Å². The summed E-state index contributed by atoms with van der Waals surface area (Å²) in [5.41, 5.74) is 8.79. The molecule has 5 nitrogen and oxygen atoms in total. The Labute approximate surface area is 130 Å². The average Bonchev–Trinajstić information content (AvgIpc) is 3.09. The third-order valence-corrected chi connectivity index (χ3v) is 3.89. The molecule has 0 unspecified atom stereocenters. The van der Waals surface area contributed by atoms with Crippen LogP contribution in [0, 0.1) is 0 Å². The molecule has 1 amide bonds. The monoisotopic (exact) mass is 296 g/mol. The summed E-state index contributed by atoms with van der Waals surface area (Å²) >= 11 is 0. The number of amides is 1. The Morgan fingerprint density at radius 1 is 1.23 bits per heavy atom. The lowest BCUT2D eigenvalue weighted by Gasteiger charge is -2.21. The predicted octanol–water partition coefficient (Wildman–Crippen LogP) is 2.39. The topological polar surface area (TPSA) is 71.2 Å². The number of para-hydroxylation sites is 2. The zero-order valence-electron chi connectivity index (χ0n) is 12.5. The van der Waals surface area contributed by atoms with Gasteiger partial charge in [0.05, 0.1) is 17.1 Å². The molecule has 3 N–H and O–H groups in total. The minimum atomic E-state index is -0.135. The summed E-state index contributed by atoms with van der Waals surface area (Å²) in [6, 6.07) is 11.4. The molecule has 2 aromatic rings. The Kier molecular flexibility index (Phi) is 4.34. The van der Waals surface area contributed by atoms with Crippen molar-refractivity contribution < 1.29 is 4.79 Å². The molecule has 1 aliphatic rings. The van der Waals surface area contributed by atoms with Crippen molar-refractivity contribution in [2.24, 2.45) is 5.73 Å². The summed E-state index contributed by atoms with van der Waals surface area (Å²) < 4.78 is 0. The number of anilines is 2. The Bertz CT molecular complexity index is 665. The maximum absolute atomic E-state index is 12.5. The fraction of sp³-hybridized carbons (Fsp3) is 0.294. The second kappa shape index (κ2) is 6.58. The van der Waals surface area contributed by atoms with Crippen LogP contribution in [0.1, 0.15) is 28.9 Å². The minimum absolute atomic E-state index is 0.135. The van der Waals surface area contributed by atoms with Crippen LogP contribution >= 0.6 is 0 Å². The molecule has 0 aliphatic carbocycles. The van der Waals surface area contributed by atoms with Crippen LogP contribution < -0.4 is 16.0 Å². The van der Waals surface area contributed by atoms with Crippen molar-refractivity contribution >= 4 is 17.3 Å². The highest BCUT2D eigenvalue weighted by Crippen LogP contribution is 2.28. The minimum Gasteiger partial charge on any atom is -0.370 e. The number of hydrogen-bond donors (Lipinski definition) is 2. The first kappa shape index (κ1) is 14.5. The van der Waals surface area contributed by atoms with Gasteiger partial charge in [0.1, 0.15) is 0 Å². The van der Waals surface area contributed by atoms with Crippen molar-refractivity contribution in [1.82, 2.24) is 4.98 Å². The fourth-order valence-corrected chi connectivity index (χ4v) is 2.74. The molecule has 1 aliphatic heterocycles. The van der Waals surface area contributed by atoms with Crippen molar-refractivity contribution in [3.63, 3.8) is 0 Å². The summed E-state index contributed by atoms with van der Waals surface area (Å²) in [5.74, 6) is -0.135. The maximum atomic E-state index is 12.5. The predicted molar refractivity (Wildman–Crippen MR) is 88.0 cm³/mol. The normalized spacial score (nSPS) is 14.1. The second-order valence-electron chi connectivity index (χ2n) is 5.41. The zero-order valence-corrected chi connectivity index (χ0v) is 12.5. The number of nitrogens with two attached hydrogens (primary N) is 1. The maximum Gasteiger partial charge on any atom is 0.255 e. The molecule has 0 spiro atoms. The van der Waals surface area contributed by atoms with E-state index in [1.807, 2.05) is 18.2 Å². The van der Waals surface area contributed by atoms with Gasteiger partial charge in [-0.2, -0.15) is 0 Å². The van der Waals surface area contributed by atoms with E-state index in [4.69, 9.17) is 5.73 Å². The van der Waals surface area contributed by atoms with Gasteiger partial charge in [0.15, 0.2) is 0 Å². The molecule has 1 saturated heterocycles. The van der Waals surface area contributed by atoms with Crippen LogP contribution in [0.2, 0.25) is 0 Å². The van der Waals surface area contributed by atoms with Crippen LogP contribution in [0.5, 0.6) is 0 Å². The number of benzene rings is 1. The molecule has 0 atom stereocenters. The average molecular weight is 296 g/mol. The first-order valence-electron chi connectivity index (χ1n) is 7.58. The van der Waals surface area contributed by atoms with Gasteiger partial charge in [-0.1, -0.05) is 12.1 Å². The largest absolute Gasteiger partial charge is 0.370 e. The Morgan fingerprint density at radius 3 is 2.77 bits per heavy atom. The van der Waals surface area contributed by atoms with E-state index in [9.17, 15) is 4.79 Å². The Hall–Kier alpha value is -2.40. The van der Waals surface area contributed by atoms with Crippen molar-refractivity contribution in [1.29, 1.82) is 0 Å². The van der Waals surface area contributed by atoms with E-state index in [1.54, 1.807) is 18.3 Å². The molecular weight excluding hydrogens is 276 g/mol. The molecule has 0 radical (unpaired) electrons. The van der Waals surface area contributed by atoms with E-state index in [-0.39, 0.29) is 5.91 Å². The summed E-state index contributed by atoms with van der Waals surface area (Å²) in [6.07, 6.45) is 4.02. The molecule has 2 heterocycles. The van der Waals surface area contributed by atoms with E-state index in [0.29, 0.717) is 17.8 Å². The van der Waals surface area contributed by atoms with E-state index < -0.39 is 0 Å². The standard InChI is InChI=1S/C17H20N4O/c18-12-14-11-13(7-8-19-14)17(22)20-15-5-1-2-6-16(15)21-9-3-4-10-21/h1-2,5-8,11H,3-4,9-10,12,18H2,(H,20,22). The first-order valence-corrected chi connectivity index (χ1v) is 7.58. The number of nitrogens with one attached hydrogen (secondary N) is 1. The third kappa shape index (κ3) is 3.09. The number of carbonyl (C=O) groups excluding carboxylic acids is 1. The van der Waals surface area contributed by atoms with Crippen molar-refractivity contribution in [3.05, 3.63) is 53.9 Å². The van der Waals surface area contributed by atoms with E-state index in [1.165, 1.54) is 12.8 Å². The zero-order chi connectivity index (χ0) is 15.4. The first-order chi connectivity index (χ1) is 10.8. The molecule has 1 aromatic heterocycles. The van der Waals surface area contributed by atoms with Gasteiger partial charge in [-0.25, -0.2) is 0 Å². The van der Waals surface area contributed by atoms with Crippen LogP contribution in [0.15, 0.2) is 42.6 Å². The lowest BCUT2D eigenvalue weighted by Crippen LogP contribution is -2.21. The van der Waals surface area contributed by atoms with Crippen LogP contribution in [0.4, 0.5) is 11.4 Å².